The maximum absolute atomic E-state index is 7.26. The van der Waals surface area contributed by atoms with E-state index >= 15 is 0 Å². The Hall–Kier alpha value is -9.71. The van der Waals surface area contributed by atoms with Gasteiger partial charge in [-0.15, -0.1) is 0 Å². The highest BCUT2D eigenvalue weighted by molar-refractivity contribution is 7.07. The van der Waals surface area contributed by atoms with E-state index in [4.69, 9.17) is 9.47 Å². The maximum Gasteiger partial charge on any atom is 0.252 e. The first-order chi connectivity index (χ1) is 38.3. The second-order valence-corrected chi connectivity index (χ2v) is 22.3. The molecule has 0 aromatic heterocycles. The molecule has 8 aliphatic heterocycles. The highest BCUT2D eigenvalue weighted by Gasteiger charge is 2.58. The van der Waals surface area contributed by atoms with Gasteiger partial charge in [-0.05, 0) is 152 Å². The van der Waals surface area contributed by atoms with Gasteiger partial charge in [0.15, 0.2) is 23.0 Å². The van der Waals surface area contributed by atoms with E-state index in [2.05, 4.69) is 222 Å². The van der Waals surface area contributed by atoms with E-state index < -0.39 is 0 Å². The molecule has 0 atom stereocenters. The van der Waals surface area contributed by atoms with Crippen LogP contribution in [0.25, 0.3) is 44.5 Å². The number of hydrogen-bond donors (Lipinski definition) is 0. The van der Waals surface area contributed by atoms with Crippen LogP contribution in [0.1, 0.15) is 44.5 Å². The zero-order valence-electron chi connectivity index (χ0n) is 41.2. The number of nitrogens with zero attached hydrogens (tertiary/aromatic N) is 2. The van der Waals surface area contributed by atoms with Crippen molar-refractivity contribution in [3.63, 3.8) is 0 Å². The van der Waals surface area contributed by atoms with Crippen LogP contribution >= 0.6 is 0 Å². The molecule has 0 radical (unpaired) electrons. The summed E-state index contributed by atoms with van der Waals surface area (Å²) in [5, 5.41) is 0. The van der Waals surface area contributed by atoms with Crippen molar-refractivity contribution in [2.75, 3.05) is 9.80 Å². The normalized spacial score (nSPS) is 15.5. The van der Waals surface area contributed by atoms with Gasteiger partial charge < -0.3 is 19.3 Å². The standard InChI is InChI=1S/C70H35B3N2O2/c1-5-19-40-36(15-1)37-16-2-6-20-41(37)58(40)60-44-23-9-11-25-48(44)71-52-35-53-68-64-67(52)74-65-50(27-13-29-54(65)76-56-33-31-46(60)62(71)69(56)74)73(64)51-28-14-30-55-66(51)75(68)70-57(77-55)34-32-47-61(45-24-10-12-26-49(45)72(53)63(47)70)59-42-21-7-3-17-38(42)39-18-4-8-22-43(39)59/h1-35H. The molecule has 4 nitrogen and oxygen atoms in total. The van der Waals surface area contributed by atoms with E-state index in [1.165, 1.54) is 161 Å². The topological polar surface area (TPSA) is 24.9 Å². The summed E-state index contributed by atoms with van der Waals surface area (Å²) in [7, 11) is 0. The molecule has 77 heavy (non-hydrogen) atoms. The molecule has 7 heteroatoms. The van der Waals surface area contributed by atoms with Crippen molar-refractivity contribution in [2.45, 2.75) is 0 Å². The highest BCUT2D eigenvalue weighted by atomic mass is 16.5. The molecule has 21 rings (SSSR count). The summed E-state index contributed by atoms with van der Waals surface area (Å²) in [6, 6.07) is 80.3. The summed E-state index contributed by atoms with van der Waals surface area (Å²) < 4.78 is 14.5. The molecule has 0 fully saturated rings. The van der Waals surface area contributed by atoms with Gasteiger partial charge in [-0.3, -0.25) is 0 Å². The average Bonchev–Trinajstić information content (AvgIpc) is 4.18. The van der Waals surface area contributed by atoms with Gasteiger partial charge in [0, 0.05) is 11.4 Å². The Kier molecular flexibility index (Phi) is 6.57. The fraction of sp³-hybridized carbons (Fsp3) is 0. The van der Waals surface area contributed by atoms with Crippen LogP contribution in [0.4, 0.5) is 34.1 Å². The third kappa shape index (κ3) is 4.24. The van der Waals surface area contributed by atoms with E-state index in [1.54, 1.807) is 0 Å². The van der Waals surface area contributed by atoms with Crippen LogP contribution in [-0.2, 0) is 0 Å². The molecule has 0 N–H and O–H groups in total. The maximum atomic E-state index is 7.26. The van der Waals surface area contributed by atoms with Gasteiger partial charge in [-0.25, -0.2) is 0 Å². The van der Waals surface area contributed by atoms with Crippen LogP contribution in [0.15, 0.2) is 212 Å². The lowest BCUT2D eigenvalue weighted by Gasteiger charge is -2.54. The van der Waals surface area contributed by atoms with Crippen molar-refractivity contribution in [3.8, 4) is 45.3 Å². The molecule has 0 unspecified atom stereocenters. The zero-order valence-corrected chi connectivity index (χ0v) is 41.2. The molecule has 10 aliphatic rings. The molecule has 2 aliphatic carbocycles. The molecule has 0 saturated carbocycles. The zero-order chi connectivity index (χ0) is 49.3. The van der Waals surface area contributed by atoms with Crippen molar-refractivity contribution < 1.29 is 9.47 Å². The van der Waals surface area contributed by atoms with Crippen molar-refractivity contribution in [3.05, 3.63) is 257 Å². The molecular formula is C70H35B3N2O2. The van der Waals surface area contributed by atoms with Gasteiger partial charge >= 0.3 is 0 Å². The molecule has 0 spiro atoms. The van der Waals surface area contributed by atoms with Crippen LogP contribution in [0, 0.1) is 0 Å². The van der Waals surface area contributed by atoms with Crippen LogP contribution in [-0.4, -0.2) is 20.1 Å². The lowest BCUT2D eigenvalue weighted by atomic mass is 9.24. The molecule has 0 bridgehead atoms. The Morgan fingerprint density at radius 2 is 0.545 bits per heavy atom. The Bertz CT molecular complexity index is 4480. The van der Waals surface area contributed by atoms with E-state index in [1.807, 2.05) is 0 Å². The smallest absolute Gasteiger partial charge is 0.252 e. The second-order valence-electron chi connectivity index (χ2n) is 22.3. The van der Waals surface area contributed by atoms with Crippen LogP contribution in [0.5, 0.6) is 23.0 Å². The Morgan fingerprint density at radius 3 is 0.961 bits per heavy atom. The lowest BCUT2D eigenvalue weighted by Crippen LogP contribution is -2.73. The minimum absolute atomic E-state index is 0.0770. The molecular weight excluding hydrogens is 933 g/mol. The predicted molar refractivity (Wildman–Crippen MR) is 317 cm³/mol. The Morgan fingerprint density at radius 1 is 0.221 bits per heavy atom. The van der Waals surface area contributed by atoms with Gasteiger partial charge in [0.1, 0.15) is 0 Å². The number of ether oxygens (including phenoxy) is 2. The predicted octanol–water partition coefficient (Wildman–Crippen LogP) is 10.2. The van der Waals surface area contributed by atoms with Crippen LogP contribution < -0.4 is 68.4 Å². The summed E-state index contributed by atoms with van der Waals surface area (Å²) >= 11 is 0. The fourth-order valence-corrected chi connectivity index (χ4v) is 16.6. The van der Waals surface area contributed by atoms with Gasteiger partial charge in [0.2, 0.25) is 13.4 Å². The monoisotopic (exact) mass is 968 g/mol. The third-order valence-corrected chi connectivity index (χ3v) is 19.2. The minimum atomic E-state index is -0.0797. The fourth-order valence-electron chi connectivity index (χ4n) is 16.6. The first-order valence-electron chi connectivity index (χ1n) is 27.1. The lowest BCUT2D eigenvalue weighted by molar-refractivity contribution is 0.477. The number of para-hydroxylation sites is 2. The van der Waals surface area contributed by atoms with Crippen LogP contribution in [0.3, 0.4) is 0 Å². The Labute approximate surface area is 444 Å². The molecule has 11 aromatic carbocycles. The minimum Gasteiger partial charge on any atom is -0.453 e. The van der Waals surface area contributed by atoms with Crippen molar-refractivity contribution >= 4 is 126 Å². The Balaban J connectivity index is 0.923. The number of anilines is 6. The van der Waals surface area contributed by atoms with E-state index in [-0.39, 0.29) is 20.1 Å². The first-order valence-corrected chi connectivity index (χ1v) is 27.1. The van der Waals surface area contributed by atoms with E-state index in [0.29, 0.717) is 0 Å². The summed E-state index contributed by atoms with van der Waals surface area (Å²) in [4.78, 5) is 5.34. The number of hydrogen-bond acceptors (Lipinski definition) is 4. The quantitative estimate of drug-likeness (QED) is 0.141. The summed E-state index contributed by atoms with van der Waals surface area (Å²) in [6.45, 7) is -0.236. The van der Waals surface area contributed by atoms with Crippen LogP contribution in [0.2, 0.25) is 0 Å². The second kappa shape index (κ2) is 13.0. The largest absolute Gasteiger partial charge is 0.453 e. The highest BCUT2D eigenvalue weighted by Crippen LogP contribution is 2.60. The molecule has 8 heterocycles. The van der Waals surface area contributed by atoms with E-state index in [0.717, 1.165) is 34.4 Å². The average molecular weight is 968 g/mol. The van der Waals surface area contributed by atoms with Gasteiger partial charge in [-0.2, -0.15) is 0 Å². The van der Waals surface area contributed by atoms with Gasteiger partial charge in [-0.1, -0.05) is 199 Å². The summed E-state index contributed by atoms with van der Waals surface area (Å²) in [5.74, 6) is 3.60. The molecule has 0 amide bonds. The van der Waals surface area contributed by atoms with Crippen molar-refractivity contribution in [1.82, 2.24) is 0 Å². The molecule has 346 valence electrons. The van der Waals surface area contributed by atoms with Crippen molar-refractivity contribution in [1.29, 1.82) is 0 Å². The number of fused-ring (bicyclic) bond motifs is 14. The number of rotatable bonds is 0. The first kappa shape index (κ1) is 38.8. The molecule has 0 saturated heterocycles. The number of benzene rings is 11. The molecule has 11 aromatic rings. The van der Waals surface area contributed by atoms with E-state index in [9.17, 15) is 0 Å². The van der Waals surface area contributed by atoms with Gasteiger partial charge in [0.05, 0.1) is 22.7 Å². The summed E-state index contributed by atoms with van der Waals surface area (Å²) in [6.07, 6.45) is 0. The summed E-state index contributed by atoms with van der Waals surface area (Å²) in [5.41, 5.74) is 39.8. The third-order valence-electron chi connectivity index (χ3n) is 19.2. The van der Waals surface area contributed by atoms with Gasteiger partial charge in [0.25, 0.3) is 6.71 Å². The SMILES string of the molecule is c1ccc2c(c1)B1c3cc4c5c6c3N3c7c(cccc7B6c6cccc7c6N5c5c(ccc6c5B4c4ccccc4C6=C4c5ccccc5-c5ccccc54)O7)Oc4ccc(c1c43)C2=C1c2ccccc2-c2ccccc21. The van der Waals surface area contributed by atoms with Crippen molar-refractivity contribution in [2.24, 2.45) is 0 Å².